The van der Waals surface area contributed by atoms with Crippen molar-refractivity contribution in [1.29, 1.82) is 0 Å². The molecule has 0 radical (unpaired) electrons. The lowest BCUT2D eigenvalue weighted by atomic mass is 10.2. The number of nitrogens with zero attached hydrogens (tertiary/aromatic N) is 2. The van der Waals surface area contributed by atoms with Crippen LogP contribution in [0.2, 0.25) is 0 Å². The van der Waals surface area contributed by atoms with Gasteiger partial charge in [-0.1, -0.05) is 12.1 Å². The molecule has 1 aromatic heterocycles. The lowest BCUT2D eigenvalue weighted by Gasteiger charge is -2.11. The predicted molar refractivity (Wildman–Crippen MR) is 75.6 cm³/mol. The standard InChI is InChI=1S/C12H14N4OS/c1-17-6-5-13-12(18)16-11-4-2-3-9-7-14-15-8-10(9)11/h2-4,7-8H,5-6H2,1H3,(H2,13,16,18). The zero-order valence-corrected chi connectivity index (χ0v) is 10.8. The van der Waals surface area contributed by atoms with Crippen LogP contribution in [0.3, 0.4) is 0 Å². The van der Waals surface area contributed by atoms with Crippen LogP contribution in [0.25, 0.3) is 10.8 Å². The number of nitrogens with one attached hydrogen (secondary N) is 2. The number of rotatable bonds is 4. The van der Waals surface area contributed by atoms with Crippen molar-refractivity contribution in [3.63, 3.8) is 0 Å². The van der Waals surface area contributed by atoms with Gasteiger partial charge in [-0.25, -0.2) is 0 Å². The van der Waals surface area contributed by atoms with E-state index in [2.05, 4.69) is 20.8 Å². The van der Waals surface area contributed by atoms with Crippen LogP contribution in [0, 0.1) is 0 Å². The van der Waals surface area contributed by atoms with Gasteiger partial charge in [0.25, 0.3) is 0 Å². The zero-order valence-electron chi connectivity index (χ0n) is 10.0. The fraction of sp³-hybridized carbons (Fsp3) is 0.250. The van der Waals surface area contributed by atoms with E-state index in [0.29, 0.717) is 18.3 Å². The Kier molecular flexibility index (Phi) is 4.38. The lowest BCUT2D eigenvalue weighted by molar-refractivity contribution is 0.204. The van der Waals surface area contributed by atoms with Gasteiger partial charge in [0.05, 0.1) is 19.0 Å². The van der Waals surface area contributed by atoms with Crippen molar-refractivity contribution >= 4 is 33.8 Å². The molecule has 0 aliphatic rings. The summed E-state index contributed by atoms with van der Waals surface area (Å²) in [7, 11) is 1.65. The molecule has 0 atom stereocenters. The number of thiocarbonyl (C=S) groups is 1. The summed E-state index contributed by atoms with van der Waals surface area (Å²) >= 11 is 5.20. The third kappa shape index (κ3) is 3.12. The summed E-state index contributed by atoms with van der Waals surface area (Å²) in [5.74, 6) is 0. The average Bonchev–Trinajstić information content (AvgIpc) is 2.39. The predicted octanol–water partition coefficient (Wildman–Crippen LogP) is 1.56. The number of fused-ring (bicyclic) bond motifs is 1. The topological polar surface area (TPSA) is 59.1 Å². The number of benzene rings is 1. The number of hydrogen-bond acceptors (Lipinski definition) is 4. The van der Waals surface area contributed by atoms with E-state index >= 15 is 0 Å². The van der Waals surface area contributed by atoms with Crippen molar-refractivity contribution < 1.29 is 4.74 Å². The molecule has 0 saturated heterocycles. The molecule has 0 unspecified atom stereocenters. The summed E-state index contributed by atoms with van der Waals surface area (Å²) in [6.07, 6.45) is 3.44. The van der Waals surface area contributed by atoms with Gasteiger partial charge in [-0.2, -0.15) is 10.2 Å². The summed E-state index contributed by atoms with van der Waals surface area (Å²) in [5.41, 5.74) is 0.914. The largest absolute Gasteiger partial charge is 0.383 e. The number of anilines is 1. The minimum Gasteiger partial charge on any atom is -0.383 e. The molecule has 5 nitrogen and oxygen atoms in total. The van der Waals surface area contributed by atoms with Crippen molar-refractivity contribution in [2.24, 2.45) is 0 Å². The normalized spacial score (nSPS) is 10.3. The van der Waals surface area contributed by atoms with Crippen LogP contribution < -0.4 is 10.6 Å². The smallest absolute Gasteiger partial charge is 0.170 e. The van der Waals surface area contributed by atoms with Gasteiger partial charge in [0.2, 0.25) is 0 Å². The van der Waals surface area contributed by atoms with E-state index in [0.717, 1.165) is 16.5 Å². The Morgan fingerprint density at radius 2 is 2.17 bits per heavy atom. The third-order valence-electron chi connectivity index (χ3n) is 2.43. The molecular weight excluding hydrogens is 248 g/mol. The lowest BCUT2D eigenvalue weighted by Crippen LogP contribution is -2.31. The number of ether oxygens (including phenoxy) is 1. The van der Waals surface area contributed by atoms with Crippen molar-refractivity contribution in [1.82, 2.24) is 15.5 Å². The average molecular weight is 262 g/mol. The molecule has 0 aliphatic heterocycles. The minimum atomic E-state index is 0.566. The molecule has 0 aliphatic carbocycles. The molecule has 2 rings (SSSR count). The summed E-state index contributed by atoms with van der Waals surface area (Å²) in [4.78, 5) is 0. The molecule has 1 heterocycles. The fourth-order valence-corrected chi connectivity index (χ4v) is 1.78. The maximum atomic E-state index is 5.20. The first-order valence-electron chi connectivity index (χ1n) is 5.54. The van der Waals surface area contributed by atoms with Gasteiger partial charge in [-0.3, -0.25) is 0 Å². The molecule has 0 bridgehead atoms. The molecule has 0 fully saturated rings. The molecule has 6 heteroatoms. The van der Waals surface area contributed by atoms with Crippen LogP contribution in [0.1, 0.15) is 0 Å². The maximum Gasteiger partial charge on any atom is 0.170 e. The van der Waals surface area contributed by atoms with Gasteiger partial charge in [0.1, 0.15) is 0 Å². The monoisotopic (exact) mass is 262 g/mol. The Bertz CT molecular complexity index is 541. The second kappa shape index (κ2) is 6.23. The Morgan fingerprint density at radius 3 is 3.00 bits per heavy atom. The van der Waals surface area contributed by atoms with E-state index in [9.17, 15) is 0 Å². The van der Waals surface area contributed by atoms with Crippen LogP contribution >= 0.6 is 12.2 Å². The van der Waals surface area contributed by atoms with Crippen LogP contribution in [0.4, 0.5) is 5.69 Å². The fourth-order valence-electron chi connectivity index (χ4n) is 1.57. The molecular formula is C12H14N4OS. The number of hydrogen-bond donors (Lipinski definition) is 2. The van der Waals surface area contributed by atoms with E-state index in [-0.39, 0.29) is 0 Å². The Hall–Kier alpha value is -1.79. The second-order valence-electron chi connectivity index (χ2n) is 3.67. The summed E-state index contributed by atoms with van der Waals surface area (Å²) in [6.45, 7) is 1.29. The summed E-state index contributed by atoms with van der Waals surface area (Å²) < 4.78 is 4.94. The van der Waals surface area contributed by atoms with Crippen molar-refractivity contribution in [2.75, 3.05) is 25.6 Å². The molecule has 0 saturated carbocycles. The quantitative estimate of drug-likeness (QED) is 0.644. The van der Waals surface area contributed by atoms with Gasteiger partial charge in [0.15, 0.2) is 5.11 Å². The van der Waals surface area contributed by atoms with E-state index in [1.807, 2.05) is 18.2 Å². The highest BCUT2D eigenvalue weighted by atomic mass is 32.1. The highest BCUT2D eigenvalue weighted by Crippen LogP contribution is 2.21. The molecule has 94 valence electrons. The van der Waals surface area contributed by atoms with Crippen LogP contribution in [-0.4, -0.2) is 35.6 Å². The molecule has 0 amide bonds. The van der Waals surface area contributed by atoms with Crippen molar-refractivity contribution in [2.45, 2.75) is 0 Å². The minimum absolute atomic E-state index is 0.566. The van der Waals surface area contributed by atoms with E-state index in [1.165, 1.54) is 0 Å². The van der Waals surface area contributed by atoms with E-state index < -0.39 is 0 Å². The number of aromatic nitrogens is 2. The molecule has 0 spiro atoms. The second-order valence-corrected chi connectivity index (χ2v) is 4.08. The van der Waals surface area contributed by atoms with Gasteiger partial charge in [0, 0.05) is 30.1 Å². The van der Waals surface area contributed by atoms with Gasteiger partial charge in [-0.15, -0.1) is 0 Å². The SMILES string of the molecule is COCCNC(=S)Nc1cccc2cnncc12. The summed E-state index contributed by atoms with van der Waals surface area (Å²) in [5, 5.41) is 16.5. The first-order valence-corrected chi connectivity index (χ1v) is 5.95. The highest BCUT2D eigenvalue weighted by Gasteiger charge is 2.02. The van der Waals surface area contributed by atoms with Crippen molar-refractivity contribution in [3.05, 3.63) is 30.6 Å². The van der Waals surface area contributed by atoms with Crippen LogP contribution in [-0.2, 0) is 4.74 Å². The van der Waals surface area contributed by atoms with Gasteiger partial charge >= 0.3 is 0 Å². The molecule has 1 aromatic carbocycles. The van der Waals surface area contributed by atoms with Crippen LogP contribution in [0.5, 0.6) is 0 Å². The first-order chi connectivity index (χ1) is 8.81. The molecule has 18 heavy (non-hydrogen) atoms. The Morgan fingerprint density at radius 1 is 1.33 bits per heavy atom. The van der Waals surface area contributed by atoms with E-state index in [4.69, 9.17) is 17.0 Å². The number of methoxy groups -OCH3 is 1. The zero-order chi connectivity index (χ0) is 12.8. The third-order valence-corrected chi connectivity index (χ3v) is 2.68. The first kappa shape index (κ1) is 12.7. The Labute approximate surface area is 111 Å². The highest BCUT2D eigenvalue weighted by molar-refractivity contribution is 7.80. The van der Waals surface area contributed by atoms with Gasteiger partial charge in [-0.05, 0) is 18.3 Å². The maximum absolute atomic E-state index is 5.20. The Balaban J connectivity index is 2.09. The summed E-state index contributed by atoms with van der Waals surface area (Å²) in [6, 6.07) is 5.88. The van der Waals surface area contributed by atoms with Gasteiger partial charge < -0.3 is 15.4 Å². The van der Waals surface area contributed by atoms with E-state index in [1.54, 1.807) is 19.5 Å². The molecule has 2 N–H and O–H groups in total. The van der Waals surface area contributed by atoms with Crippen molar-refractivity contribution in [3.8, 4) is 0 Å². The van der Waals surface area contributed by atoms with Crippen LogP contribution in [0.15, 0.2) is 30.6 Å². The molecule has 2 aromatic rings.